The lowest BCUT2D eigenvalue weighted by molar-refractivity contribution is 0.0996. The third kappa shape index (κ3) is 3.83. The van der Waals surface area contributed by atoms with Gasteiger partial charge in [-0.05, 0) is 66.4 Å². The lowest BCUT2D eigenvalue weighted by Crippen LogP contribution is -2.16. The molecule has 0 aliphatic heterocycles. The Labute approximate surface area is 175 Å². The average molecular weight is 421 g/mol. The van der Waals surface area contributed by atoms with E-state index >= 15 is 0 Å². The monoisotopic (exact) mass is 421 g/mol. The van der Waals surface area contributed by atoms with Crippen molar-refractivity contribution in [1.82, 2.24) is 14.8 Å². The number of amides is 2. The molecule has 0 saturated carbocycles. The lowest BCUT2D eigenvalue weighted by atomic mass is 10.1. The zero-order chi connectivity index (χ0) is 21.3. The van der Waals surface area contributed by atoms with Crippen molar-refractivity contribution < 1.29 is 14.0 Å². The minimum Gasteiger partial charge on any atom is -0.366 e. The molecular weight excluding hydrogens is 405 g/mol. The quantitative estimate of drug-likeness (QED) is 0.512. The summed E-state index contributed by atoms with van der Waals surface area (Å²) in [6, 6.07) is 14.3. The molecule has 2 heterocycles. The van der Waals surface area contributed by atoms with Crippen LogP contribution in [0.5, 0.6) is 0 Å². The molecule has 0 aliphatic rings. The first-order valence-electron chi connectivity index (χ1n) is 8.91. The Morgan fingerprint density at radius 1 is 1.13 bits per heavy atom. The minimum atomic E-state index is -0.536. The maximum absolute atomic E-state index is 13.3. The number of nitrogens with zero attached hydrogens (tertiary/aromatic N) is 3. The van der Waals surface area contributed by atoms with Crippen LogP contribution in [0.1, 0.15) is 26.5 Å². The molecule has 4 rings (SSSR count). The number of nitrogens with one attached hydrogen (secondary N) is 1. The molecule has 7 nitrogen and oxygen atoms in total. The zero-order valence-electron chi connectivity index (χ0n) is 15.8. The SMILES string of the molecule is Cc1cc(NC(=O)c2nc(-c3cccs3)n(-c3ccc(F)cc3)n2)ccc1C(N)=O. The molecule has 0 saturated heterocycles. The number of carbonyl (C=O) groups is 2. The third-order valence-corrected chi connectivity index (χ3v) is 5.24. The molecule has 0 atom stereocenters. The van der Waals surface area contributed by atoms with Crippen molar-refractivity contribution in [3.05, 3.63) is 82.7 Å². The van der Waals surface area contributed by atoms with Gasteiger partial charge in [-0.15, -0.1) is 16.4 Å². The van der Waals surface area contributed by atoms with Crippen LogP contribution in [0.2, 0.25) is 0 Å². The van der Waals surface area contributed by atoms with Gasteiger partial charge in [0.1, 0.15) is 5.82 Å². The molecule has 9 heteroatoms. The van der Waals surface area contributed by atoms with E-state index in [1.54, 1.807) is 37.3 Å². The number of anilines is 1. The number of benzene rings is 2. The highest BCUT2D eigenvalue weighted by atomic mass is 32.1. The summed E-state index contributed by atoms with van der Waals surface area (Å²) in [6.07, 6.45) is 0. The molecule has 2 amide bonds. The summed E-state index contributed by atoms with van der Waals surface area (Å²) in [4.78, 5) is 29.4. The molecule has 0 unspecified atom stereocenters. The highest BCUT2D eigenvalue weighted by Gasteiger charge is 2.20. The van der Waals surface area contributed by atoms with Gasteiger partial charge in [-0.2, -0.15) is 0 Å². The minimum absolute atomic E-state index is 0.0423. The molecular formula is C21H16FN5O2S. The molecule has 0 spiro atoms. The molecule has 3 N–H and O–H groups in total. The highest BCUT2D eigenvalue weighted by Crippen LogP contribution is 2.26. The first kappa shape index (κ1) is 19.5. The Kier molecular flexibility index (Phi) is 5.11. The molecule has 150 valence electrons. The highest BCUT2D eigenvalue weighted by molar-refractivity contribution is 7.13. The number of aromatic nitrogens is 3. The number of nitrogens with two attached hydrogens (primary N) is 1. The van der Waals surface area contributed by atoms with Crippen LogP contribution in [0.3, 0.4) is 0 Å². The van der Waals surface area contributed by atoms with Gasteiger partial charge in [-0.25, -0.2) is 14.1 Å². The number of hydrogen-bond donors (Lipinski definition) is 2. The fourth-order valence-electron chi connectivity index (χ4n) is 2.94. The predicted octanol–water partition coefficient (Wildman–Crippen LogP) is 3.79. The van der Waals surface area contributed by atoms with Crippen molar-refractivity contribution in [2.24, 2.45) is 5.73 Å². The van der Waals surface area contributed by atoms with Gasteiger partial charge in [0.25, 0.3) is 5.91 Å². The Bertz CT molecular complexity index is 1230. The largest absolute Gasteiger partial charge is 0.366 e. The second-order valence-electron chi connectivity index (χ2n) is 6.47. The third-order valence-electron chi connectivity index (χ3n) is 4.37. The number of carbonyl (C=O) groups excluding carboxylic acids is 2. The molecule has 0 bridgehead atoms. The molecule has 2 aromatic carbocycles. The van der Waals surface area contributed by atoms with Gasteiger partial charge >= 0.3 is 0 Å². The van der Waals surface area contributed by atoms with Gasteiger partial charge in [0, 0.05) is 11.3 Å². The van der Waals surface area contributed by atoms with Gasteiger partial charge in [0.15, 0.2) is 5.82 Å². The molecule has 0 fully saturated rings. The van der Waals surface area contributed by atoms with E-state index in [-0.39, 0.29) is 11.6 Å². The maximum atomic E-state index is 13.3. The molecule has 0 aliphatic carbocycles. The van der Waals surface area contributed by atoms with Crippen molar-refractivity contribution in [3.8, 4) is 16.4 Å². The number of aryl methyl sites for hydroxylation is 1. The van der Waals surface area contributed by atoms with Gasteiger partial charge in [0.2, 0.25) is 11.7 Å². The van der Waals surface area contributed by atoms with Crippen LogP contribution in [0.15, 0.2) is 60.0 Å². The first-order valence-corrected chi connectivity index (χ1v) is 9.79. The fourth-order valence-corrected chi connectivity index (χ4v) is 3.64. The summed E-state index contributed by atoms with van der Waals surface area (Å²) in [6.45, 7) is 1.73. The van der Waals surface area contributed by atoms with E-state index in [0.717, 1.165) is 4.88 Å². The van der Waals surface area contributed by atoms with Crippen molar-refractivity contribution in [3.63, 3.8) is 0 Å². The molecule has 4 aromatic rings. The van der Waals surface area contributed by atoms with Gasteiger partial charge in [-0.1, -0.05) is 6.07 Å². The summed E-state index contributed by atoms with van der Waals surface area (Å²) in [5.74, 6) is -0.990. The molecule has 30 heavy (non-hydrogen) atoms. The summed E-state index contributed by atoms with van der Waals surface area (Å²) in [7, 11) is 0. The number of halogens is 1. The second-order valence-corrected chi connectivity index (χ2v) is 7.42. The van der Waals surface area contributed by atoms with Gasteiger partial charge < -0.3 is 11.1 Å². The number of hydrogen-bond acceptors (Lipinski definition) is 5. The van der Waals surface area contributed by atoms with Crippen LogP contribution in [0, 0.1) is 12.7 Å². The summed E-state index contributed by atoms with van der Waals surface area (Å²) in [5.41, 5.74) is 7.40. The van der Waals surface area contributed by atoms with Gasteiger partial charge in [-0.3, -0.25) is 9.59 Å². The normalized spacial score (nSPS) is 10.7. The van der Waals surface area contributed by atoms with Crippen LogP contribution in [0.4, 0.5) is 10.1 Å². The lowest BCUT2D eigenvalue weighted by Gasteiger charge is -2.06. The van der Waals surface area contributed by atoms with Crippen molar-refractivity contribution >= 4 is 28.8 Å². The number of primary amides is 1. The summed E-state index contributed by atoms with van der Waals surface area (Å²) < 4.78 is 14.8. The van der Waals surface area contributed by atoms with Crippen LogP contribution in [0.25, 0.3) is 16.4 Å². The van der Waals surface area contributed by atoms with Crippen molar-refractivity contribution in [2.75, 3.05) is 5.32 Å². The van der Waals surface area contributed by atoms with E-state index in [4.69, 9.17) is 5.73 Å². The Morgan fingerprint density at radius 2 is 1.90 bits per heavy atom. The average Bonchev–Trinajstić information content (AvgIpc) is 3.38. The van der Waals surface area contributed by atoms with Crippen LogP contribution in [-0.2, 0) is 0 Å². The second kappa shape index (κ2) is 7.88. The van der Waals surface area contributed by atoms with E-state index in [0.29, 0.717) is 28.3 Å². The van der Waals surface area contributed by atoms with Crippen molar-refractivity contribution in [2.45, 2.75) is 6.92 Å². The summed E-state index contributed by atoms with van der Waals surface area (Å²) >= 11 is 1.45. The zero-order valence-corrected chi connectivity index (χ0v) is 16.6. The van der Waals surface area contributed by atoms with E-state index in [2.05, 4.69) is 15.4 Å². The first-order chi connectivity index (χ1) is 14.4. The topological polar surface area (TPSA) is 103 Å². The Hall–Kier alpha value is -3.85. The van der Waals surface area contributed by atoms with Crippen LogP contribution in [-0.4, -0.2) is 26.6 Å². The van der Waals surface area contributed by atoms with E-state index in [9.17, 15) is 14.0 Å². The predicted molar refractivity (Wildman–Crippen MR) is 112 cm³/mol. The molecule has 0 radical (unpaired) electrons. The van der Waals surface area contributed by atoms with E-state index < -0.39 is 11.8 Å². The van der Waals surface area contributed by atoms with Crippen molar-refractivity contribution in [1.29, 1.82) is 0 Å². The van der Waals surface area contributed by atoms with E-state index in [1.165, 1.54) is 28.2 Å². The Balaban J connectivity index is 1.68. The smallest absolute Gasteiger partial charge is 0.295 e. The van der Waals surface area contributed by atoms with Crippen LogP contribution >= 0.6 is 11.3 Å². The van der Waals surface area contributed by atoms with E-state index in [1.807, 2.05) is 17.5 Å². The number of thiophene rings is 1. The standard InChI is InChI=1S/C21H16FN5O2S/c1-12-11-14(6-9-16(12)18(23)28)24-21(29)19-25-20(17-3-2-10-30-17)27(26-19)15-7-4-13(22)5-8-15/h2-11H,1H3,(H2,23,28)(H,24,29). The van der Waals surface area contributed by atoms with Crippen LogP contribution < -0.4 is 11.1 Å². The van der Waals surface area contributed by atoms with Gasteiger partial charge in [0.05, 0.1) is 10.6 Å². The fraction of sp³-hybridized carbons (Fsp3) is 0.0476. The summed E-state index contributed by atoms with van der Waals surface area (Å²) in [5, 5.41) is 8.95. The number of rotatable bonds is 5. The molecule has 2 aromatic heterocycles. The Morgan fingerprint density at radius 3 is 2.53 bits per heavy atom. The maximum Gasteiger partial charge on any atom is 0.295 e.